The molecule has 0 radical (unpaired) electrons. The lowest BCUT2D eigenvalue weighted by molar-refractivity contribution is 0.0951. The topological polar surface area (TPSA) is 63.2 Å². The fourth-order valence-electron chi connectivity index (χ4n) is 2.35. The van der Waals surface area contributed by atoms with Crippen LogP contribution in [0.15, 0.2) is 66.9 Å². The van der Waals surface area contributed by atoms with Gasteiger partial charge in [0.15, 0.2) is 0 Å². The zero-order chi connectivity index (χ0) is 18.4. The first-order valence-electron chi connectivity index (χ1n) is 8.04. The van der Waals surface area contributed by atoms with Crippen LogP contribution in [0.5, 0.6) is 5.75 Å². The number of anilines is 2. The normalized spacial score (nSPS) is 10.2. The lowest BCUT2D eigenvalue weighted by Crippen LogP contribution is -2.22. The van der Waals surface area contributed by atoms with Gasteiger partial charge in [0.1, 0.15) is 11.6 Å². The maximum absolute atomic E-state index is 12.4. The zero-order valence-electron chi connectivity index (χ0n) is 14.2. The highest BCUT2D eigenvalue weighted by molar-refractivity contribution is 6.30. The molecular weight excluding hydrogens is 350 g/mol. The Labute approximate surface area is 157 Å². The number of pyridine rings is 1. The number of methoxy groups -OCH3 is 1. The van der Waals surface area contributed by atoms with E-state index in [2.05, 4.69) is 15.6 Å². The van der Waals surface area contributed by atoms with E-state index in [4.69, 9.17) is 16.3 Å². The molecule has 5 nitrogen and oxygen atoms in total. The maximum atomic E-state index is 12.4. The van der Waals surface area contributed by atoms with Gasteiger partial charge >= 0.3 is 0 Å². The van der Waals surface area contributed by atoms with E-state index in [9.17, 15) is 4.79 Å². The molecular formula is C20H18ClN3O2. The van der Waals surface area contributed by atoms with Crippen molar-refractivity contribution in [2.75, 3.05) is 12.4 Å². The average Bonchev–Trinajstić information content (AvgIpc) is 2.68. The molecule has 2 N–H and O–H groups in total. The Balaban J connectivity index is 1.62. The largest absolute Gasteiger partial charge is 0.497 e. The molecule has 0 aliphatic rings. The van der Waals surface area contributed by atoms with Crippen LogP contribution in [0.3, 0.4) is 0 Å². The summed E-state index contributed by atoms with van der Waals surface area (Å²) in [6, 6.07) is 18.2. The second-order valence-corrected chi connectivity index (χ2v) is 6.03. The fourth-order valence-corrected chi connectivity index (χ4v) is 2.48. The second-order valence-electron chi connectivity index (χ2n) is 5.59. The molecule has 0 atom stereocenters. The Morgan fingerprint density at radius 3 is 2.50 bits per heavy atom. The first kappa shape index (κ1) is 17.8. The van der Waals surface area contributed by atoms with Crippen LogP contribution in [-0.4, -0.2) is 18.0 Å². The molecule has 3 aromatic rings. The van der Waals surface area contributed by atoms with Gasteiger partial charge in [-0.15, -0.1) is 0 Å². The molecule has 1 heterocycles. The number of carbonyl (C=O) groups excluding carboxylic acids is 1. The van der Waals surface area contributed by atoms with Crippen LogP contribution >= 0.6 is 11.6 Å². The number of hydrogen-bond acceptors (Lipinski definition) is 4. The van der Waals surface area contributed by atoms with Crippen LogP contribution in [0, 0.1) is 0 Å². The molecule has 26 heavy (non-hydrogen) atoms. The summed E-state index contributed by atoms with van der Waals surface area (Å²) in [4.78, 5) is 16.6. The third-order valence-corrected chi connectivity index (χ3v) is 4.00. The number of nitrogens with one attached hydrogen (secondary N) is 2. The van der Waals surface area contributed by atoms with E-state index in [-0.39, 0.29) is 5.91 Å². The van der Waals surface area contributed by atoms with E-state index < -0.39 is 0 Å². The molecule has 132 valence electrons. The molecule has 6 heteroatoms. The van der Waals surface area contributed by atoms with Crippen LogP contribution in [0.25, 0.3) is 0 Å². The van der Waals surface area contributed by atoms with Gasteiger partial charge < -0.3 is 15.4 Å². The molecule has 1 aromatic heterocycles. The van der Waals surface area contributed by atoms with Crippen LogP contribution in [0.1, 0.15) is 15.9 Å². The van der Waals surface area contributed by atoms with Gasteiger partial charge in [-0.1, -0.05) is 23.7 Å². The SMILES string of the molecule is COc1ccc(CNC(=O)c2ccnc(Nc3ccc(Cl)cc3)c2)cc1. The Morgan fingerprint density at radius 2 is 1.81 bits per heavy atom. The lowest BCUT2D eigenvalue weighted by Gasteiger charge is -2.09. The molecule has 0 fully saturated rings. The number of rotatable bonds is 6. The highest BCUT2D eigenvalue weighted by Gasteiger charge is 2.07. The number of halogens is 1. The number of hydrogen-bond donors (Lipinski definition) is 2. The van der Waals surface area contributed by atoms with E-state index in [0.717, 1.165) is 17.0 Å². The first-order chi connectivity index (χ1) is 12.6. The molecule has 0 bridgehead atoms. The van der Waals surface area contributed by atoms with Gasteiger partial charge in [-0.3, -0.25) is 4.79 Å². The van der Waals surface area contributed by atoms with E-state index in [1.807, 2.05) is 36.4 Å². The third kappa shape index (κ3) is 4.74. The van der Waals surface area contributed by atoms with Crippen LogP contribution in [0.4, 0.5) is 11.5 Å². The molecule has 2 aromatic carbocycles. The number of carbonyl (C=O) groups is 1. The van der Waals surface area contributed by atoms with E-state index in [1.54, 1.807) is 37.6 Å². The van der Waals surface area contributed by atoms with Gasteiger partial charge in [-0.05, 0) is 54.1 Å². The summed E-state index contributed by atoms with van der Waals surface area (Å²) in [6.45, 7) is 0.436. The monoisotopic (exact) mass is 367 g/mol. The Bertz CT molecular complexity index is 880. The van der Waals surface area contributed by atoms with Crippen molar-refractivity contribution in [2.24, 2.45) is 0 Å². The molecule has 0 saturated carbocycles. The summed E-state index contributed by atoms with van der Waals surface area (Å²) in [7, 11) is 1.62. The first-order valence-corrected chi connectivity index (χ1v) is 8.41. The van der Waals surface area contributed by atoms with Crippen molar-refractivity contribution in [3.63, 3.8) is 0 Å². The Kier molecular flexibility index (Phi) is 5.71. The molecule has 0 unspecified atom stereocenters. The molecule has 1 amide bonds. The Hall–Kier alpha value is -3.05. The summed E-state index contributed by atoms with van der Waals surface area (Å²) in [6.07, 6.45) is 1.60. The van der Waals surface area contributed by atoms with Gasteiger partial charge in [-0.2, -0.15) is 0 Å². The predicted molar refractivity (Wildman–Crippen MR) is 103 cm³/mol. The van der Waals surface area contributed by atoms with Gasteiger partial charge in [-0.25, -0.2) is 4.98 Å². The number of aromatic nitrogens is 1. The van der Waals surface area contributed by atoms with Crippen LogP contribution in [0.2, 0.25) is 5.02 Å². The second kappa shape index (κ2) is 8.36. The number of nitrogens with zero attached hydrogens (tertiary/aromatic N) is 1. The van der Waals surface area contributed by atoms with Gasteiger partial charge in [0.25, 0.3) is 5.91 Å². The number of ether oxygens (including phenoxy) is 1. The highest BCUT2D eigenvalue weighted by Crippen LogP contribution is 2.18. The van der Waals surface area contributed by atoms with E-state index in [1.165, 1.54) is 0 Å². The minimum atomic E-state index is -0.164. The van der Waals surface area contributed by atoms with Crippen molar-refractivity contribution >= 4 is 29.0 Å². The number of amides is 1. The molecule has 0 saturated heterocycles. The predicted octanol–water partition coefficient (Wildman–Crippen LogP) is 4.42. The average molecular weight is 368 g/mol. The minimum absolute atomic E-state index is 0.164. The Morgan fingerprint density at radius 1 is 1.08 bits per heavy atom. The maximum Gasteiger partial charge on any atom is 0.251 e. The van der Waals surface area contributed by atoms with Crippen molar-refractivity contribution < 1.29 is 9.53 Å². The smallest absolute Gasteiger partial charge is 0.251 e. The number of benzene rings is 2. The van der Waals surface area contributed by atoms with Gasteiger partial charge in [0.2, 0.25) is 0 Å². The van der Waals surface area contributed by atoms with E-state index in [0.29, 0.717) is 22.9 Å². The lowest BCUT2D eigenvalue weighted by atomic mass is 10.2. The quantitative estimate of drug-likeness (QED) is 0.677. The minimum Gasteiger partial charge on any atom is -0.497 e. The molecule has 0 aliphatic carbocycles. The molecule has 0 spiro atoms. The van der Waals surface area contributed by atoms with Crippen molar-refractivity contribution in [1.29, 1.82) is 0 Å². The van der Waals surface area contributed by atoms with Gasteiger partial charge in [0.05, 0.1) is 7.11 Å². The van der Waals surface area contributed by atoms with Crippen molar-refractivity contribution in [3.8, 4) is 5.75 Å². The fraction of sp³-hybridized carbons (Fsp3) is 0.100. The zero-order valence-corrected chi connectivity index (χ0v) is 15.0. The summed E-state index contributed by atoms with van der Waals surface area (Å²) >= 11 is 5.88. The standard InChI is InChI=1S/C20H18ClN3O2/c1-26-18-8-2-14(3-9-18)13-23-20(25)15-10-11-22-19(12-15)24-17-6-4-16(21)5-7-17/h2-12H,13H2,1H3,(H,22,24)(H,23,25). The summed E-state index contributed by atoms with van der Waals surface area (Å²) in [5.41, 5.74) is 2.37. The van der Waals surface area contributed by atoms with Crippen LogP contribution in [-0.2, 0) is 6.54 Å². The van der Waals surface area contributed by atoms with Crippen molar-refractivity contribution in [3.05, 3.63) is 83.0 Å². The highest BCUT2D eigenvalue weighted by atomic mass is 35.5. The van der Waals surface area contributed by atoms with Crippen molar-refractivity contribution in [2.45, 2.75) is 6.54 Å². The molecule has 0 aliphatic heterocycles. The third-order valence-electron chi connectivity index (χ3n) is 3.75. The van der Waals surface area contributed by atoms with Gasteiger partial charge in [0, 0.05) is 29.0 Å². The summed E-state index contributed by atoms with van der Waals surface area (Å²) in [5.74, 6) is 1.21. The summed E-state index contributed by atoms with van der Waals surface area (Å²) < 4.78 is 5.12. The summed E-state index contributed by atoms with van der Waals surface area (Å²) in [5, 5.41) is 6.71. The molecule has 3 rings (SSSR count). The van der Waals surface area contributed by atoms with Crippen LogP contribution < -0.4 is 15.4 Å². The van der Waals surface area contributed by atoms with Crippen molar-refractivity contribution in [1.82, 2.24) is 10.3 Å². The van der Waals surface area contributed by atoms with E-state index >= 15 is 0 Å².